The lowest BCUT2D eigenvalue weighted by molar-refractivity contribution is -0.137. The van der Waals surface area contributed by atoms with E-state index in [0.717, 1.165) is 48.9 Å². The summed E-state index contributed by atoms with van der Waals surface area (Å²) in [6.45, 7) is 0. The number of ether oxygens (including phenoxy) is 1. The van der Waals surface area contributed by atoms with Crippen molar-refractivity contribution in [1.82, 2.24) is 5.32 Å². The van der Waals surface area contributed by atoms with Gasteiger partial charge in [-0.3, -0.25) is 4.79 Å². The van der Waals surface area contributed by atoms with Crippen LogP contribution in [-0.2, 0) is 23.8 Å². The average Bonchev–Trinajstić information content (AvgIpc) is 3.52. The van der Waals surface area contributed by atoms with Gasteiger partial charge in [-0.15, -0.1) is 0 Å². The Morgan fingerprint density at radius 1 is 0.865 bits per heavy atom. The number of carbonyl (C=O) groups is 2. The first-order chi connectivity index (χ1) is 17.8. The molecule has 5 rings (SSSR count). The van der Waals surface area contributed by atoms with Crippen molar-refractivity contribution in [1.29, 1.82) is 0 Å². The predicted octanol–water partition coefficient (Wildman–Crippen LogP) is 6.76. The normalized spacial score (nSPS) is 17.3. The van der Waals surface area contributed by atoms with Crippen LogP contribution >= 0.6 is 0 Å². The summed E-state index contributed by atoms with van der Waals surface area (Å²) in [5, 5.41) is 5.87. The fourth-order valence-corrected chi connectivity index (χ4v) is 5.13. The molecule has 37 heavy (non-hydrogen) atoms. The molecule has 3 aromatic rings. The SMILES string of the molecule is O=C(NC1Cc2ccc(NC(=O)c3ccccc3-c3ccc(C(F)(F)F)cc3)cc2C1)OC1CCCC1. The molecule has 0 heterocycles. The van der Waals surface area contributed by atoms with E-state index in [2.05, 4.69) is 10.6 Å². The van der Waals surface area contributed by atoms with E-state index in [1.165, 1.54) is 12.1 Å². The number of hydrogen-bond donors (Lipinski definition) is 2. The molecular weight excluding hydrogens is 481 g/mol. The van der Waals surface area contributed by atoms with Gasteiger partial charge in [0.25, 0.3) is 5.91 Å². The van der Waals surface area contributed by atoms with Crippen LogP contribution in [0.25, 0.3) is 11.1 Å². The number of anilines is 1. The van der Waals surface area contributed by atoms with Gasteiger partial charge in [0.05, 0.1) is 5.56 Å². The van der Waals surface area contributed by atoms with Gasteiger partial charge in [-0.2, -0.15) is 13.2 Å². The monoisotopic (exact) mass is 508 g/mol. The molecule has 2 amide bonds. The van der Waals surface area contributed by atoms with E-state index >= 15 is 0 Å². The van der Waals surface area contributed by atoms with Crippen molar-refractivity contribution in [3.05, 3.63) is 89.0 Å². The zero-order valence-electron chi connectivity index (χ0n) is 20.1. The molecular formula is C29H27F3N2O3. The minimum Gasteiger partial charge on any atom is -0.446 e. The van der Waals surface area contributed by atoms with Crippen LogP contribution in [0.15, 0.2) is 66.7 Å². The van der Waals surface area contributed by atoms with Crippen LogP contribution in [0.1, 0.15) is 52.7 Å². The molecule has 192 valence electrons. The first-order valence-corrected chi connectivity index (χ1v) is 12.4. The molecule has 0 aliphatic heterocycles. The Balaban J connectivity index is 1.25. The summed E-state index contributed by atoms with van der Waals surface area (Å²) in [4.78, 5) is 25.4. The van der Waals surface area contributed by atoms with Crippen molar-refractivity contribution in [2.24, 2.45) is 0 Å². The smallest absolute Gasteiger partial charge is 0.416 e. The third-order valence-electron chi connectivity index (χ3n) is 6.99. The average molecular weight is 509 g/mol. The molecule has 0 bridgehead atoms. The molecule has 2 N–H and O–H groups in total. The van der Waals surface area contributed by atoms with Crippen molar-refractivity contribution < 1.29 is 27.5 Å². The van der Waals surface area contributed by atoms with Gasteiger partial charge < -0.3 is 15.4 Å². The number of carbonyl (C=O) groups excluding carboxylic acids is 2. The van der Waals surface area contributed by atoms with Crippen LogP contribution in [0.2, 0.25) is 0 Å². The predicted molar refractivity (Wildman–Crippen MR) is 134 cm³/mol. The summed E-state index contributed by atoms with van der Waals surface area (Å²) in [6.07, 6.45) is 0.572. The molecule has 2 aliphatic rings. The van der Waals surface area contributed by atoms with E-state index in [1.54, 1.807) is 24.3 Å². The zero-order valence-corrected chi connectivity index (χ0v) is 20.1. The second-order valence-electron chi connectivity index (χ2n) is 9.62. The molecule has 0 saturated heterocycles. The Morgan fingerprint density at radius 2 is 1.57 bits per heavy atom. The van der Waals surface area contributed by atoms with Crippen molar-refractivity contribution in [3.63, 3.8) is 0 Å². The topological polar surface area (TPSA) is 67.4 Å². The minimum absolute atomic E-state index is 0.0102. The summed E-state index contributed by atoms with van der Waals surface area (Å²) in [5.74, 6) is -0.358. The number of benzene rings is 3. The maximum Gasteiger partial charge on any atom is 0.416 e. The van der Waals surface area contributed by atoms with Crippen LogP contribution in [0, 0.1) is 0 Å². The second kappa shape index (κ2) is 10.3. The number of fused-ring (bicyclic) bond motifs is 1. The van der Waals surface area contributed by atoms with Crippen LogP contribution in [0.3, 0.4) is 0 Å². The standard InChI is InChI=1S/C29H27F3N2O3/c30-29(31,32)21-12-9-18(10-13-21)25-7-3-4-8-26(25)27(35)33-22-14-11-19-15-23(17-20(19)16-22)34-28(36)37-24-5-1-2-6-24/h3-4,7-14,16,23-24H,1-2,5-6,15,17H2,(H,33,35)(H,34,36). The van der Waals surface area contributed by atoms with Gasteiger partial charge in [0.15, 0.2) is 0 Å². The van der Waals surface area contributed by atoms with E-state index in [9.17, 15) is 22.8 Å². The molecule has 0 radical (unpaired) electrons. The molecule has 0 spiro atoms. The van der Waals surface area contributed by atoms with Gasteiger partial charge in [0.1, 0.15) is 6.10 Å². The van der Waals surface area contributed by atoms with Crippen molar-refractivity contribution in [2.75, 3.05) is 5.32 Å². The summed E-state index contributed by atoms with van der Waals surface area (Å²) in [6, 6.07) is 17.2. The van der Waals surface area contributed by atoms with E-state index in [-0.39, 0.29) is 24.1 Å². The number of hydrogen-bond acceptors (Lipinski definition) is 3. The quantitative estimate of drug-likeness (QED) is 0.400. The van der Waals surface area contributed by atoms with Gasteiger partial charge in [0.2, 0.25) is 0 Å². The Morgan fingerprint density at radius 3 is 2.30 bits per heavy atom. The van der Waals surface area contributed by atoms with E-state index in [0.29, 0.717) is 35.2 Å². The third-order valence-corrected chi connectivity index (χ3v) is 6.99. The fraction of sp³-hybridized carbons (Fsp3) is 0.310. The lowest BCUT2D eigenvalue weighted by Crippen LogP contribution is -2.37. The van der Waals surface area contributed by atoms with Gasteiger partial charge in [-0.05, 0) is 91.1 Å². The summed E-state index contributed by atoms with van der Waals surface area (Å²) < 4.78 is 44.3. The number of alkyl carbamates (subject to hydrolysis) is 1. The van der Waals surface area contributed by atoms with Gasteiger partial charge in [0, 0.05) is 17.3 Å². The second-order valence-corrected chi connectivity index (χ2v) is 9.62. The molecule has 1 unspecified atom stereocenters. The van der Waals surface area contributed by atoms with Gasteiger partial charge in [-0.25, -0.2) is 4.79 Å². The van der Waals surface area contributed by atoms with E-state index in [1.807, 2.05) is 18.2 Å². The maximum atomic E-state index is 13.1. The Kier molecular flexibility index (Phi) is 6.91. The number of halogens is 3. The Hall–Kier alpha value is -3.81. The van der Waals surface area contributed by atoms with Crippen molar-refractivity contribution in [2.45, 2.75) is 56.8 Å². The number of rotatable bonds is 5. The Bertz CT molecular complexity index is 1300. The summed E-state index contributed by atoms with van der Waals surface area (Å²) in [5.41, 5.74) is 3.44. The van der Waals surface area contributed by atoms with E-state index in [4.69, 9.17) is 4.74 Å². The highest BCUT2D eigenvalue weighted by atomic mass is 19.4. The lowest BCUT2D eigenvalue weighted by Gasteiger charge is -2.15. The van der Waals surface area contributed by atoms with Crippen LogP contribution in [0.5, 0.6) is 0 Å². The molecule has 5 nitrogen and oxygen atoms in total. The fourth-order valence-electron chi connectivity index (χ4n) is 5.13. The maximum absolute atomic E-state index is 13.1. The number of nitrogens with one attached hydrogen (secondary N) is 2. The van der Waals surface area contributed by atoms with Crippen molar-refractivity contribution in [3.8, 4) is 11.1 Å². The van der Waals surface area contributed by atoms with Crippen LogP contribution in [-0.4, -0.2) is 24.1 Å². The number of alkyl halides is 3. The van der Waals surface area contributed by atoms with Gasteiger partial charge >= 0.3 is 12.3 Å². The van der Waals surface area contributed by atoms with Crippen LogP contribution < -0.4 is 10.6 Å². The molecule has 3 aromatic carbocycles. The molecule has 0 aromatic heterocycles. The molecule has 8 heteroatoms. The van der Waals surface area contributed by atoms with Crippen molar-refractivity contribution >= 4 is 17.7 Å². The highest BCUT2D eigenvalue weighted by molar-refractivity contribution is 6.08. The first kappa shape index (κ1) is 24.9. The lowest BCUT2D eigenvalue weighted by atomic mass is 9.98. The molecule has 1 fully saturated rings. The summed E-state index contributed by atoms with van der Waals surface area (Å²) in [7, 11) is 0. The minimum atomic E-state index is -4.42. The van der Waals surface area contributed by atoms with Crippen LogP contribution in [0.4, 0.5) is 23.7 Å². The number of amides is 2. The summed E-state index contributed by atoms with van der Waals surface area (Å²) >= 11 is 0. The third kappa shape index (κ3) is 5.79. The van der Waals surface area contributed by atoms with Gasteiger partial charge in [-0.1, -0.05) is 36.4 Å². The molecule has 1 atom stereocenters. The highest BCUT2D eigenvalue weighted by Crippen LogP contribution is 2.32. The highest BCUT2D eigenvalue weighted by Gasteiger charge is 2.30. The molecule has 2 aliphatic carbocycles. The first-order valence-electron chi connectivity index (χ1n) is 12.4. The Labute approximate surface area is 213 Å². The zero-order chi connectivity index (χ0) is 26.0. The van der Waals surface area contributed by atoms with E-state index < -0.39 is 11.7 Å². The molecule has 1 saturated carbocycles. The largest absolute Gasteiger partial charge is 0.446 e.